The number of cyclic esters (lactones) is 1. The molecule has 1 aliphatic rings. The molecule has 4 heteroatoms. The highest BCUT2D eigenvalue weighted by Crippen LogP contribution is 2.35. The Labute approximate surface area is 98.0 Å². The molecule has 0 spiro atoms. The third-order valence-corrected chi connectivity index (χ3v) is 3.95. The van der Waals surface area contributed by atoms with E-state index in [-0.39, 0.29) is 17.3 Å². The number of carbonyl (C=O) groups excluding carboxylic acids is 1. The largest absolute Gasteiger partial charge is 0.462 e. The van der Waals surface area contributed by atoms with E-state index in [1.54, 1.807) is 0 Å². The second kappa shape index (κ2) is 4.45. The van der Waals surface area contributed by atoms with E-state index in [2.05, 4.69) is 0 Å². The second-order valence-electron chi connectivity index (χ2n) is 3.52. The summed E-state index contributed by atoms with van der Waals surface area (Å²) in [6.45, 7) is 1.91. The van der Waals surface area contributed by atoms with E-state index in [4.69, 9.17) is 16.3 Å². The molecule has 0 aliphatic carbocycles. The van der Waals surface area contributed by atoms with E-state index in [1.165, 1.54) is 11.8 Å². The zero-order valence-corrected chi connectivity index (χ0v) is 9.85. The predicted molar refractivity (Wildman–Crippen MR) is 61.3 cm³/mol. The Bertz CT molecular complexity index is 381. The Hall–Kier alpha value is -0.670. The summed E-state index contributed by atoms with van der Waals surface area (Å²) in [5, 5.41) is 0.578. The van der Waals surface area contributed by atoms with Gasteiger partial charge >= 0.3 is 5.97 Å². The van der Waals surface area contributed by atoms with Crippen molar-refractivity contribution < 1.29 is 9.53 Å². The van der Waals surface area contributed by atoms with Crippen molar-refractivity contribution >= 4 is 29.3 Å². The quantitative estimate of drug-likeness (QED) is 0.746. The third-order valence-electron chi connectivity index (χ3n) is 2.23. The Kier molecular flexibility index (Phi) is 3.22. The van der Waals surface area contributed by atoms with Crippen LogP contribution >= 0.6 is 23.4 Å². The first kappa shape index (κ1) is 10.8. The Morgan fingerprint density at radius 3 is 2.80 bits per heavy atom. The summed E-state index contributed by atoms with van der Waals surface area (Å²) in [6.07, 6.45) is 0.784. The number of benzene rings is 1. The van der Waals surface area contributed by atoms with Gasteiger partial charge in [-0.25, -0.2) is 0 Å². The highest BCUT2D eigenvalue weighted by atomic mass is 35.5. The normalized spacial score (nSPS) is 25.3. The minimum Gasteiger partial charge on any atom is -0.462 e. The predicted octanol–water partition coefficient (Wildman–Crippen LogP) is 3.14. The van der Waals surface area contributed by atoms with Crippen molar-refractivity contribution in [2.75, 3.05) is 0 Å². The maximum absolute atomic E-state index is 11.4. The van der Waals surface area contributed by atoms with E-state index in [0.29, 0.717) is 5.02 Å². The minimum atomic E-state index is -0.132. The van der Waals surface area contributed by atoms with Crippen LogP contribution in [0.5, 0.6) is 0 Å². The lowest BCUT2D eigenvalue weighted by molar-refractivity contribution is -0.140. The van der Waals surface area contributed by atoms with Gasteiger partial charge in [0.25, 0.3) is 0 Å². The molecule has 1 fully saturated rings. The van der Waals surface area contributed by atoms with Crippen LogP contribution in [0.3, 0.4) is 0 Å². The van der Waals surface area contributed by atoms with E-state index >= 15 is 0 Å². The van der Waals surface area contributed by atoms with Gasteiger partial charge in [0.15, 0.2) is 0 Å². The highest BCUT2D eigenvalue weighted by molar-refractivity contribution is 8.00. The molecule has 2 atom stereocenters. The first-order valence-electron chi connectivity index (χ1n) is 4.78. The maximum atomic E-state index is 11.4. The lowest BCUT2D eigenvalue weighted by Crippen LogP contribution is -2.09. The Morgan fingerprint density at radius 1 is 1.47 bits per heavy atom. The molecular weight excluding hydrogens is 232 g/mol. The molecule has 15 heavy (non-hydrogen) atoms. The Balaban J connectivity index is 2.09. The van der Waals surface area contributed by atoms with Crippen molar-refractivity contribution in [3.05, 3.63) is 29.3 Å². The van der Waals surface area contributed by atoms with E-state index < -0.39 is 0 Å². The van der Waals surface area contributed by atoms with Gasteiger partial charge in [-0.3, -0.25) is 4.79 Å². The van der Waals surface area contributed by atoms with Crippen LogP contribution in [0, 0.1) is 0 Å². The fraction of sp³-hybridized carbons (Fsp3) is 0.364. The van der Waals surface area contributed by atoms with Gasteiger partial charge in [0.05, 0.1) is 5.02 Å². The highest BCUT2D eigenvalue weighted by Gasteiger charge is 2.32. The van der Waals surface area contributed by atoms with Gasteiger partial charge < -0.3 is 4.74 Å². The number of ether oxygens (including phenoxy) is 1. The first-order chi connectivity index (χ1) is 7.16. The number of halogens is 1. The molecule has 0 aromatic heterocycles. The maximum Gasteiger partial charge on any atom is 0.319 e. The minimum absolute atomic E-state index is 0.0255. The summed E-state index contributed by atoms with van der Waals surface area (Å²) in [5.74, 6) is -0.132. The molecule has 0 radical (unpaired) electrons. The standard InChI is InChI=1S/C11H11ClO2S/c1-7-6-10(11(13)14-7)15-9-5-3-2-4-8(9)12/h2-5,7,10H,6H2,1H3/t7-,10+/m0/s1. The van der Waals surface area contributed by atoms with Gasteiger partial charge in [0, 0.05) is 11.3 Å². The fourth-order valence-corrected chi connectivity index (χ4v) is 2.94. The molecule has 1 aromatic rings. The van der Waals surface area contributed by atoms with Crippen molar-refractivity contribution in [2.45, 2.75) is 29.6 Å². The Morgan fingerprint density at radius 2 is 2.20 bits per heavy atom. The van der Waals surface area contributed by atoms with Crippen LogP contribution in [-0.4, -0.2) is 17.3 Å². The second-order valence-corrected chi connectivity index (χ2v) is 5.17. The van der Waals surface area contributed by atoms with Crippen molar-refractivity contribution in [3.8, 4) is 0 Å². The third kappa shape index (κ3) is 2.47. The first-order valence-corrected chi connectivity index (χ1v) is 6.04. The average Bonchev–Trinajstić information content (AvgIpc) is 2.49. The summed E-state index contributed by atoms with van der Waals surface area (Å²) >= 11 is 7.50. The zero-order chi connectivity index (χ0) is 10.8. The SMILES string of the molecule is C[C@H]1C[C@@H](Sc2ccccc2Cl)C(=O)O1. The molecule has 0 amide bonds. The van der Waals surface area contributed by atoms with Crippen molar-refractivity contribution in [2.24, 2.45) is 0 Å². The lowest BCUT2D eigenvalue weighted by atomic mass is 10.3. The number of carbonyl (C=O) groups is 1. The van der Waals surface area contributed by atoms with Crippen molar-refractivity contribution in [1.29, 1.82) is 0 Å². The van der Waals surface area contributed by atoms with Crippen LogP contribution in [0.15, 0.2) is 29.2 Å². The topological polar surface area (TPSA) is 26.3 Å². The van der Waals surface area contributed by atoms with Crippen LogP contribution in [-0.2, 0) is 9.53 Å². The van der Waals surface area contributed by atoms with Gasteiger partial charge in [-0.1, -0.05) is 23.7 Å². The van der Waals surface area contributed by atoms with Crippen LogP contribution in [0.25, 0.3) is 0 Å². The molecule has 0 saturated carbocycles. The van der Waals surface area contributed by atoms with Crippen LogP contribution in [0.2, 0.25) is 5.02 Å². The summed E-state index contributed by atoms with van der Waals surface area (Å²) in [6, 6.07) is 7.54. The molecule has 0 bridgehead atoms. The molecule has 2 nitrogen and oxygen atoms in total. The molecular formula is C11H11ClO2S. The molecule has 0 N–H and O–H groups in total. The van der Waals surface area contributed by atoms with Gasteiger partial charge in [-0.05, 0) is 19.1 Å². The number of esters is 1. The van der Waals surface area contributed by atoms with Gasteiger partial charge in [-0.15, -0.1) is 11.8 Å². The van der Waals surface area contributed by atoms with Gasteiger partial charge in [0.2, 0.25) is 0 Å². The summed E-state index contributed by atoms with van der Waals surface area (Å²) < 4.78 is 5.08. The summed E-state index contributed by atoms with van der Waals surface area (Å²) in [5.41, 5.74) is 0. The van der Waals surface area contributed by atoms with Crippen LogP contribution < -0.4 is 0 Å². The van der Waals surface area contributed by atoms with Crippen molar-refractivity contribution in [1.82, 2.24) is 0 Å². The molecule has 1 saturated heterocycles. The lowest BCUT2D eigenvalue weighted by Gasteiger charge is -2.06. The van der Waals surface area contributed by atoms with Crippen molar-refractivity contribution in [3.63, 3.8) is 0 Å². The van der Waals surface area contributed by atoms with E-state index in [9.17, 15) is 4.79 Å². The van der Waals surface area contributed by atoms with Gasteiger partial charge in [-0.2, -0.15) is 0 Å². The van der Waals surface area contributed by atoms with Crippen LogP contribution in [0.1, 0.15) is 13.3 Å². The van der Waals surface area contributed by atoms with Crippen LogP contribution in [0.4, 0.5) is 0 Å². The molecule has 80 valence electrons. The number of hydrogen-bond donors (Lipinski definition) is 0. The van der Waals surface area contributed by atoms with E-state index in [1.807, 2.05) is 31.2 Å². The molecule has 2 rings (SSSR count). The average molecular weight is 243 g/mol. The summed E-state index contributed by atoms with van der Waals surface area (Å²) in [7, 11) is 0. The monoisotopic (exact) mass is 242 g/mol. The smallest absolute Gasteiger partial charge is 0.319 e. The molecule has 1 aromatic carbocycles. The fourth-order valence-electron chi connectivity index (χ4n) is 1.51. The van der Waals surface area contributed by atoms with E-state index in [0.717, 1.165) is 11.3 Å². The summed E-state index contributed by atoms with van der Waals surface area (Å²) in [4.78, 5) is 12.4. The zero-order valence-electron chi connectivity index (χ0n) is 8.27. The molecule has 1 heterocycles. The molecule has 0 unspecified atom stereocenters. The number of hydrogen-bond acceptors (Lipinski definition) is 3. The number of rotatable bonds is 2. The molecule has 1 aliphatic heterocycles. The number of thioether (sulfide) groups is 1. The van der Waals surface area contributed by atoms with Gasteiger partial charge in [0.1, 0.15) is 11.4 Å².